The summed E-state index contributed by atoms with van der Waals surface area (Å²) in [6.45, 7) is 10.7. The molecule has 0 radical (unpaired) electrons. The molecule has 0 aromatic carbocycles. The van der Waals surface area contributed by atoms with E-state index in [4.69, 9.17) is 9.47 Å². The third kappa shape index (κ3) is 3.46. The summed E-state index contributed by atoms with van der Waals surface area (Å²) in [4.78, 5) is 11.8. The number of nitrogens with one attached hydrogen (secondary N) is 1. The zero-order chi connectivity index (χ0) is 12.4. The van der Waals surface area contributed by atoms with Gasteiger partial charge in [-0.25, -0.2) is 0 Å². The average Bonchev–Trinajstić information content (AvgIpc) is 2.54. The van der Waals surface area contributed by atoms with Crippen LogP contribution in [0.1, 0.15) is 41.0 Å². The lowest BCUT2D eigenvalue weighted by Gasteiger charge is -2.23. The maximum atomic E-state index is 11.8. The predicted octanol–water partition coefficient (Wildman–Crippen LogP) is 1.69. The normalized spacial score (nSPS) is 24.4. The van der Waals surface area contributed by atoms with Crippen molar-refractivity contribution in [3.05, 3.63) is 0 Å². The largest absolute Gasteiger partial charge is 0.353 e. The molecule has 1 unspecified atom stereocenters. The molecule has 4 nitrogen and oxygen atoms in total. The van der Waals surface area contributed by atoms with Gasteiger partial charge in [-0.1, -0.05) is 20.8 Å². The lowest BCUT2D eigenvalue weighted by atomic mass is 9.89. The van der Waals surface area contributed by atoms with Gasteiger partial charge in [0.05, 0.1) is 6.61 Å². The number of ether oxygens (including phenoxy) is 2. The van der Waals surface area contributed by atoms with Gasteiger partial charge in [0.25, 0.3) is 0 Å². The van der Waals surface area contributed by atoms with Crippen LogP contribution in [0.15, 0.2) is 0 Å². The first-order valence-corrected chi connectivity index (χ1v) is 5.87. The second-order valence-electron chi connectivity index (χ2n) is 5.40. The molecular weight excluding hydrogens is 206 g/mol. The highest BCUT2D eigenvalue weighted by Crippen LogP contribution is 2.23. The molecule has 1 atom stereocenters. The average molecular weight is 229 g/mol. The minimum atomic E-state index is -0.518. The zero-order valence-electron chi connectivity index (χ0n) is 10.9. The summed E-state index contributed by atoms with van der Waals surface area (Å²) in [5, 5.41) is 2.91. The monoisotopic (exact) mass is 229 g/mol. The van der Waals surface area contributed by atoms with E-state index in [-0.39, 0.29) is 17.4 Å². The second-order valence-corrected chi connectivity index (χ2v) is 5.40. The fraction of sp³-hybridized carbons (Fsp3) is 0.917. The quantitative estimate of drug-likeness (QED) is 0.798. The van der Waals surface area contributed by atoms with Crippen LogP contribution in [0.5, 0.6) is 0 Å². The highest BCUT2D eigenvalue weighted by molar-refractivity contribution is 5.81. The Morgan fingerprint density at radius 3 is 2.56 bits per heavy atom. The van der Waals surface area contributed by atoms with Crippen molar-refractivity contribution in [2.45, 2.75) is 52.9 Å². The summed E-state index contributed by atoms with van der Waals surface area (Å²) >= 11 is 0. The topological polar surface area (TPSA) is 47.6 Å². The van der Waals surface area contributed by atoms with E-state index in [1.54, 1.807) is 0 Å². The maximum absolute atomic E-state index is 11.8. The van der Waals surface area contributed by atoms with Gasteiger partial charge < -0.3 is 14.8 Å². The number of hydrogen-bond donors (Lipinski definition) is 1. The van der Waals surface area contributed by atoms with E-state index >= 15 is 0 Å². The Kier molecular flexibility index (Phi) is 3.97. The molecular formula is C12H23NO3. The van der Waals surface area contributed by atoms with Crippen molar-refractivity contribution in [1.82, 2.24) is 5.32 Å². The molecule has 4 heteroatoms. The number of amides is 1. The fourth-order valence-electron chi connectivity index (χ4n) is 1.47. The summed E-state index contributed by atoms with van der Waals surface area (Å²) in [6.07, 6.45) is 0.790. The van der Waals surface area contributed by atoms with E-state index in [0.717, 1.165) is 6.42 Å². The van der Waals surface area contributed by atoms with Crippen LogP contribution in [-0.4, -0.2) is 30.9 Å². The Morgan fingerprint density at radius 1 is 1.50 bits per heavy atom. The molecule has 1 amide bonds. The first kappa shape index (κ1) is 13.5. The van der Waals surface area contributed by atoms with Gasteiger partial charge in [0, 0.05) is 12.0 Å². The number of carbonyl (C=O) groups is 1. The van der Waals surface area contributed by atoms with Crippen LogP contribution in [0.25, 0.3) is 0 Å². The third-order valence-corrected chi connectivity index (χ3v) is 3.06. The van der Waals surface area contributed by atoms with Crippen LogP contribution in [-0.2, 0) is 14.3 Å². The van der Waals surface area contributed by atoms with Crippen molar-refractivity contribution in [2.24, 2.45) is 5.41 Å². The smallest absolute Gasteiger partial charge is 0.225 e. The molecule has 16 heavy (non-hydrogen) atoms. The number of carbonyl (C=O) groups excluding carboxylic acids is 1. The van der Waals surface area contributed by atoms with E-state index in [2.05, 4.69) is 5.32 Å². The highest BCUT2D eigenvalue weighted by Gasteiger charge is 2.33. The van der Waals surface area contributed by atoms with Crippen molar-refractivity contribution in [2.75, 3.05) is 13.2 Å². The standard InChI is InChI=1S/C12H23NO3/c1-6-11(2,3)10(14)13-7-9-8-15-12(4,5)16-9/h9H,6-8H2,1-5H3,(H,13,14). The molecule has 1 N–H and O–H groups in total. The Balaban J connectivity index is 2.34. The van der Waals surface area contributed by atoms with E-state index in [0.29, 0.717) is 13.2 Å². The molecule has 1 aliphatic heterocycles. The van der Waals surface area contributed by atoms with Gasteiger partial charge in [-0.3, -0.25) is 4.79 Å². The Morgan fingerprint density at radius 2 is 2.12 bits per heavy atom. The molecule has 0 bridgehead atoms. The molecule has 94 valence electrons. The zero-order valence-corrected chi connectivity index (χ0v) is 10.9. The highest BCUT2D eigenvalue weighted by atomic mass is 16.7. The minimum Gasteiger partial charge on any atom is -0.353 e. The Bertz CT molecular complexity index is 261. The summed E-state index contributed by atoms with van der Waals surface area (Å²) in [6, 6.07) is 0. The molecule has 1 aliphatic rings. The van der Waals surface area contributed by atoms with Crippen molar-refractivity contribution in [1.29, 1.82) is 0 Å². The van der Waals surface area contributed by atoms with E-state index in [1.807, 2.05) is 34.6 Å². The van der Waals surface area contributed by atoms with Gasteiger partial charge >= 0.3 is 0 Å². The molecule has 0 spiro atoms. The van der Waals surface area contributed by atoms with Crippen LogP contribution in [0, 0.1) is 5.41 Å². The number of rotatable bonds is 4. The Labute approximate surface area is 97.7 Å². The lowest BCUT2D eigenvalue weighted by Crippen LogP contribution is -2.41. The van der Waals surface area contributed by atoms with Gasteiger partial charge in [-0.15, -0.1) is 0 Å². The van der Waals surface area contributed by atoms with Crippen molar-refractivity contribution in [3.8, 4) is 0 Å². The first-order chi connectivity index (χ1) is 7.27. The first-order valence-electron chi connectivity index (χ1n) is 5.87. The predicted molar refractivity (Wildman–Crippen MR) is 62.0 cm³/mol. The summed E-state index contributed by atoms with van der Waals surface area (Å²) in [5.41, 5.74) is -0.311. The van der Waals surface area contributed by atoms with E-state index in [1.165, 1.54) is 0 Å². The van der Waals surface area contributed by atoms with Crippen molar-refractivity contribution < 1.29 is 14.3 Å². The molecule has 1 fully saturated rings. The SMILES string of the molecule is CCC(C)(C)C(=O)NCC1COC(C)(C)O1. The summed E-state index contributed by atoms with van der Waals surface area (Å²) < 4.78 is 11.0. The van der Waals surface area contributed by atoms with Gasteiger partial charge in [0.15, 0.2) is 5.79 Å². The molecule has 0 saturated carbocycles. The van der Waals surface area contributed by atoms with Crippen molar-refractivity contribution in [3.63, 3.8) is 0 Å². The number of hydrogen-bond acceptors (Lipinski definition) is 3. The molecule has 1 heterocycles. The van der Waals surface area contributed by atoms with Crippen LogP contribution in [0.2, 0.25) is 0 Å². The van der Waals surface area contributed by atoms with E-state index in [9.17, 15) is 4.79 Å². The van der Waals surface area contributed by atoms with Crippen LogP contribution in [0.4, 0.5) is 0 Å². The van der Waals surface area contributed by atoms with Gasteiger partial charge in [0.2, 0.25) is 5.91 Å². The molecule has 1 rings (SSSR count). The van der Waals surface area contributed by atoms with Gasteiger partial charge in [0.1, 0.15) is 6.10 Å². The van der Waals surface area contributed by atoms with Crippen LogP contribution >= 0.6 is 0 Å². The fourth-order valence-corrected chi connectivity index (χ4v) is 1.47. The third-order valence-electron chi connectivity index (χ3n) is 3.06. The van der Waals surface area contributed by atoms with Gasteiger partial charge in [-0.2, -0.15) is 0 Å². The summed E-state index contributed by atoms with van der Waals surface area (Å²) in [7, 11) is 0. The van der Waals surface area contributed by atoms with Gasteiger partial charge in [-0.05, 0) is 20.3 Å². The molecule has 0 aliphatic carbocycles. The minimum absolute atomic E-state index is 0.0355. The molecule has 0 aromatic heterocycles. The Hall–Kier alpha value is -0.610. The van der Waals surface area contributed by atoms with Crippen molar-refractivity contribution >= 4 is 5.91 Å². The van der Waals surface area contributed by atoms with E-state index < -0.39 is 5.79 Å². The summed E-state index contributed by atoms with van der Waals surface area (Å²) in [5.74, 6) is -0.446. The molecule has 1 saturated heterocycles. The van der Waals surface area contributed by atoms with Crippen LogP contribution < -0.4 is 5.32 Å². The lowest BCUT2D eigenvalue weighted by molar-refractivity contribution is -0.141. The van der Waals surface area contributed by atoms with Crippen LogP contribution in [0.3, 0.4) is 0 Å². The molecule has 0 aromatic rings. The maximum Gasteiger partial charge on any atom is 0.225 e. The second kappa shape index (κ2) is 4.72.